The molecule has 14 heavy (non-hydrogen) atoms. The number of halogens is 2. The van der Waals surface area contributed by atoms with Crippen LogP contribution in [0.2, 0.25) is 5.02 Å². The molecule has 0 amide bonds. The van der Waals surface area contributed by atoms with E-state index in [1.165, 1.54) is 6.08 Å². The molecule has 1 nitrogen and oxygen atoms in total. The van der Waals surface area contributed by atoms with Gasteiger partial charge in [-0.05, 0) is 30.2 Å². The monoisotopic (exact) mass is 226 g/mol. The van der Waals surface area contributed by atoms with Crippen LogP contribution in [0.4, 0.5) is 0 Å². The number of rotatable bonds is 1. The number of hydrogen-bond acceptors (Lipinski definition) is 1. The molecule has 0 aromatic heterocycles. The first kappa shape index (κ1) is 9.75. The minimum atomic E-state index is -0.111. The first-order chi connectivity index (χ1) is 6.66. The molecule has 1 aliphatic rings. The van der Waals surface area contributed by atoms with Gasteiger partial charge < -0.3 is 0 Å². The van der Waals surface area contributed by atoms with Crippen molar-refractivity contribution in [2.45, 2.75) is 12.3 Å². The second kappa shape index (κ2) is 3.76. The zero-order valence-electron chi connectivity index (χ0n) is 7.34. The van der Waals surface area contributed by atoms with Gasteiger partial charge in [0, 0.05) is 10.1 Å². The zero-order chi connectivity index (χ0) is 10.1. The number of hydrogen-bond donors (Lipinski definition) is 0. The molecule has 0 spiro atoms. The van der Waals surface area contributed by atoms with Crippen LogP contribution in [0, 0.1) is 0 Å². The van der Waals surface area contributed by atoms with E-state index in [0.29, 0.717) is 16.5 Å². The Kier molecular flexibility index (Phi) is 2.62. The van der Waals surface area contributed by atoms with E-state index in [0.717, 1.165) is 5.56 Å². The predicted molar refractivity (Wildman–Crippen MR) is 57.8 cm³/mol. The minimum absolute atomic E-state index is 0.0809. The number of carbonyl (C=O) groups excluding carboxylic acids is 1. The lowest BCUT2D eigenvalue weighted by Crippen LogP contribution is -2.03. The summed E-state index contributed by atoms with van der Waals surface area (Å²) in [6.07, 6.45) is 2.11. The number of allylic oxidation sites excluding steroid dienone is 2. The van der Waals surface area contributed by atoms with Gasteiger partial charge in [-0.1, -0.05) is 35.3 Å². The number of carbonyl (C=O) groups is 1. The van der Waals surface area contributed by atoms with E-state index in [2.05, 4.69) is 0 Å². The molecule has 1 aromatic rings. The Balaban J connectivity index is 2.26. The summed E-state index contributed by atoms with van der Waals surface area (Å²) in [6.45, 7) is 0. The summed E-state index contributed by atoms with van der Waals surface area (Å²) in [4.78, 5) is 11.5. The Bertz CT molecular complexity index is 392. The largest absolute Gasteiger partial charge is 0.294 e. The van der Waals surface area contributed by atoms with Crippen molar-refractivity contribution in [1.82, 2.24) is 0 Å². The fraction of sp³-hybridized carbons (Fsp3) is 0.182. The molecule has 2 rings (SSSR count). The van der Waals surface area contributed by atoms with Gasteiger partial charge in [0.15, 0.2) is 5.78 Å². The van der Waals surface area contributed by atoms with E-state index < -0.39 is 0 Å². The van der Waals surface area contributed by atoms with Crippen molar-refractivity contribution in [3.8, 4) is 0 Å². The van der Waals surface area contributed by atoms with Crippen molar-refractivity contribution < 1.29 is 4.79 Å². The van der Waals surface area contributed by atoms with E-state index >= 15 is 0 Å². The standard InChI is InChI=1S/C11H8Cl2O/c12-8-3-1-7(2-4-8)10-5-9(13)6-11(10)14/h1-4,6,10H,5H2. The Morgan fingerprint density at radius 2 is 1.79 bits per heavy atom. The maximum Gasteiger partial charge on any atom is 0.164 e. The molecule has 1 atom stereocenters. The van der Waals surface area contributed by atoms with Gasteiger partial charge >= 0.3 is 0 Å². The van der Waals surface area contributed by atoms with Crippen LogP contribution >= 0.6 is 23.2 Å². The molecular formula is C11H8Cl2O. The molecule has 1 unspecified atom stereocenters. The Morgan fingerprint density at radius 3 is 2.29 bits per heavy atom. The van der Waals surface area contributed by atoms with Gasteiger partial charge in [0.2, 0.25) is 0 Å². The highest BCUT2D eigenvalue weighted by molar-refractivity contribution is 6.32. The van der Waals surface area contributed by atoms with Gasteiger partial charge in [0.25, 0.3) is 0 Å². The van der Waals surface area contributed by atoms with Crippen molar-refractivity contribution >= 4 is 29.0 Å². The Hall–Kier alpha value is -0.790. The van der Waals surface area contributed by atoms with Crippen LogP contribution in [0.3, 0.4) is 0 Å². The number of ketones is 1. The van der Waals surface area contributed by atoms with Crippen molar-refractivity contribution in [2.24, 2.45) is 0 Å². The lowest BCUT2D eigenvalue weighted by atomic mass is 9.96. The third kappa shape index (κ3) is 1.84. The van der Waals surface area contributed by atoms with Crippen LogP contribution in [0.15, 0.2) is 35.4 Å². The van der Waals surface area contributed by atoms with Crippen molar-refractivity contribution in [3.05, 3.63) is 46.0 Å². The van der Waals surface area contributed by atoms with Crippen LogP contribution < -0.4 is 0 Å². The molecular weight excluding hydrogens is 219 g/mol. The van der Waals surface area contributed by atoms with E-state index in [1.54, 1.807) is 12.1 Å². The molecule has 0 fully saturated rings. The van der Waals surface area contributed by atoms with E-state index in [-0.39, 0.29) is 11.7 Å². The van der Waals surface area contributed by atoms with Gasteiger partial charge in [-0.15, -0.1) is 0 Å². The topological polar surface area (TPSA) is 17.1 Å². The van der Waals surface area contributed by atoms with Gasteiger partial charge in [-0.3, -0.25) is 4.79 Å². The molecule has 3 heteroatoms. The smallest absolute Gasteiger partial charge is 0.164 e. The molecule has 0 aliphatic heterocycles. The van der Waals surface area contributed by atoms with Crippen molar-refractivity contribution in [2.75, 3.05) is 0 Å². The molecule has 1 aromatic carbocycles. The summed E-state index contributed by atoms with van der Waals surface area (Å²) in [7, 11) is 0. The van der Waals surface area contributed by atoms with Crippen LogP contribution in [0.5, 0.6) is 0 Å². The average Bonchev–Trinajstić information content (AvgIpc) is 2.47. The summed E-state index contributed by atoms with van der Waals surface area (Å²) in [6, 6.07) is 7.31. The molecule has 0 saturated carbocycles. The molecule has 0 heterocycles. The molecule has 1 aliphatic carbocycles. The van der Waals surface area contributed by atoms with Gasteiger partial charge in [-0.25, -0.2) is 0 Å². The lowest BCUT2D eigenvalue weighted by Gasteiger charge is -2.07. The minimum Gasteiger partial charge on any atom is -0.294 e. The summed E-state index contributed by atoms with van der Waals surface area (Å²) in [5.41, 5.74) is 0.978. The third-order valence-electron chi connectivity index (χ3n) is 2.31. The number of benzene rings is 1. The second-order valence-corrected chi connectivity index (χ2v) is 4.22. The molecule has 72 valence electrons. The fourth-order valence-corrected chi connectivity index (χ4v) is 1.97. The third-order valence-corrected chi connectivity index (χ3v) is 2.83. The normalized spacial score (nSPS) is 21.1. The maximum atomic E-state index is 11.5. The summed E-state index contributed by atoms with van der Waals surface area (Å²) < 4.78 is 0. The summed E-state index contributed by atoms with van der Waals surface area (Å²) >= 11 is 11.6. The zero-order valence-corrected chi connectivity index (χ0v) is 8.85. The SMILES string of the molecule is O=C1C=C(Cl)CC1c1ccc(Cl)cc1. The molecule has 0 saturated heterocycles. The summed E-state index contributed by atoms with van der Waals surface area (Å²) in [5, 5.41) is 1.31. The maximum absolute atomic E-state index is 11.5. The first-order valence-electron chi connectivity index (χ1n) is 4.32. The van der Waals surface area contributed by atoms with E-state index in [4.69, 9.17) is 23.2 Å². The second-order valence-electron chi connectivity index (χ2n) is 3.30. The highest BCUT2D eigenvalue weighted by Crippen LogP contribution is 2.33. The van der Waals surface area contributed by atoms with Crippen molar-refractivity contribution in [1.29, 1.82) is 0 Å². The predicted octanol–water partition coefficient (Wildman–Crippen LogP) is 3.52. The summed E-state index contributed by atoms with van der Waals surface area (Å²) in [5.74, 6) is -0.0305. The Morgan fingerprint density at radius 1 is 1.14 bits per heavy atom. The van der Waals surface area contributed by atoms with Gasteiger partial charge in [-0.2, -0.15) is 0 Å². The molecule has 0 bridgehead atoms. The van der Waals surface area contributed by atoms with Gasteiger partial charge in [0.1, 0.15) is 0 Å². The average molecular weight is 227 g/mol. The molecule has 0 radical (unpaired) electrons. The van der Waals surface area contributed by atoms with E-state index in [9.17, 15) is 4.79 Å². The quantitative estimate of drug-likeness (QED) is 0.717. The van der Waals surface area contributed by atoms with Crippen LogP contribution in [0.1, 0.15) is 17.9 Å². The highest BCUT2D eigenvalue weighted by atomic mass is 35.5. The van der Waals surface area contributed by atoms with E-state index in [1.807, 2.05) is 12.1 Å². The van der Waals surface area contributed by atoms with Crippen LogP contribution in [-0.4, -0.2) is 5.78 Å². The van der Waals surface area contributed by atoms with Crippen LogP contribution in [-0.2, 0) is 4.79 Å². The van der Waals surface area contributed by atoms with Crippen molar-refractivity contribution in [3.63, 3.8) is 0 Å². The highest BCUT2D eigenvalue weighted by Gasteiger charge is 2.25. The van der Waals surface area contributed by atoms with Crippen LogP contribution in [0.25, 0.3) is 0 Å². The fourth-order valence-electron chi connectivity index (χ4n) is 1.59. The Labute approximate surface area is 92.3 Å². The first-order valence-corrected chi connectivity index (χ1v) is 5.08. The van der Waals surface area contributed by atoms with Gasteiger partial charge in [0.05, 0.1) is 5.92 Å². The molecule has 0 N–H and O–H groups in total. The lowest BCUT2D eigenvalue weighted by molar-refractivity contribution is -0.115.